The van der Waals surface area contributed by atoms with E-state index in [-0.39, 0.29) is 11.5 Å². The Labute approximate surface area is 172 Å². The van der Waals surface area contributed by atoms with Crippen LogP contribution in [0.25, 0.3) is 0 Å². The number of alkyl halides is 3. The van der Waals surface area contributed by atoms with Gasteiger partial charge in [-0.1, -0.05) is 11.8 Å². The van der Waals surface area contributed by atoms with E-state index in [9.17, 15) is 26.4 Å². The SMILES string of the molecule is O=C(OCCS(=O)(=O)O)c1ccc(C(F)(F)F)c(OC2(C#CC3CC3)CCCC2)c1. The van der Waals surface area contributed by atoms with Gasteiger partial charge in [0.05, 0.1) is 11.1 Å². The van der Waals surface area contributed by atoms with Crippen LogP contribution in [-0.4, -0.2) is 36.9 Å². The monoisotopic (exact) mass is 446 g/mol. The Morgan fingerprint density at radius 2 is 1.90 bits per heavy atom. The van der Waals surface area contributed by atoms with Gasteiger partial charge in [0.15, 0.2) is 5.60 Å². The van der Waals surface area contributed by atoms with Crippen molar-refractivity contribution in [1.82, 2.24) is 0 Å². The van der Waals surface area contributed by atoms with Crippen molar-refractivity contribution in [2.45, 2.75) is 50.3 Å². The zero-order valence-corrected chi connectivity index (χ0v) is 16.8. The lowest BCUT2D eigenvalue weighted by atomic mass is 10.0. The molecule has 1 aromatic carbocycles. The van der Waals surface area contributed by atoms with E-state index in [1.54, 1.807) is 0 Å². The summed E-state index contributed by atoms with van der Waals surface area (Å²) < 4.78 is 81.2. The predicted molar refractivity (Wildman–Crippen MR) is 100 cm³/mol. The zero-order valence-electron chi connectivity index (χ0n) is 16.0. The molecule has 0 aliphatic heterocycles. The van der Waals surface area contributed by atoms with Crippen LogP contribution in [0.2, 0.25) is 0 Å². The number of ether oxygens (including phenoxy) is 2. The van der Waals surface area contributed by atoms with Crippen molar-refractivity contribution in [3.8, 4) is 17.6 Å². The molecule has 164 valence electrons. The molecular weight excluding hydrogens is 425 g/mol. The lowest BCUT2D eigenvalue weighted by molar-refractivity contribution is -0.139. The number of benzene rings is 1. The fourth-order valence-electron chi connectivity index (χ4n) is 3.16. The Kier molecular flexibility index (Phi) is 6.34. The van der Waals surface area contributed by atoms with Crippen LogP contribution in [0.1, 0.15) is 54.4 Å². The summed E-state index contributed by atoms with van der Waals surface area (Å²) >= 11 is 0. The van der Waals surface area contributed by atoms with Gasteiger partial charge in [-0.3, -0.25) is 4.55 Å². The van der Waals surface area contributed by atoms with Crippen molar-refractivity contribution in [2.75, 3.05) is 12.4 Å². The summed E-state index contributed by atoms with van der Waals surface area (Å²) in [6.07, 6.45) is -0.216. The van der Waals surface area contributed by atoms with Crippen LogP contribution >= 0.6 is 0 Å². The number of esters is 1. The highest BCUT2D eigenvalue weighted by molar-refractivity contribution is 7.85. The molecule has 2 aliphatic rings. The maximum absolute atomic E-state index is 13.5. The normalized spacial score (nSPS) is 18.4. The van der Waals surface area contributed by atoms with Gasteiger partial charge in [0.25, 0.3) is 10.1 Å². The van der Waals surface area contributed by atoms with Crippen molar-refractivity contribution in [2.24, 2.45) is 5.92 Å². The molecule has 0 spiro atoms. The molecule has 3 rings (SSSR count). The third-order valence-corrected chi connectivity index (χ3v) is 5.58. The number of carbonyl (C=O) groups excluding carboxylic acids is 1. The van der Waals surface area contributed by atoms with Crippen LogP contribution in [0.5, 0.6) is 5.75 Å². The number of halogens is 3. The Morgan fingerprint density at radius 3 is 2.47 bits per heavy atom. The fourth-order valence-corrected chi connectivity index (χ4v) is 3.46. The van der Waals surface area contributed by atoms with E-state index >= 15 is 0 Å². The fraction of sp³-hybridized carbons (Fsp3) is 0.550. The van der Waals surface area contributed by atoms with E-state index in [4.69, 9.17) is 14.0 Å². The van der Waals surface area contributed by atoms with E-state index in [0.29, 0.717) is 12.8 Å². The molecule has 30 heavy (non-hydrogen) atoms. The highest BCUT2D eigenvalue weighted by Crippen LogP contribution is 2.42. The summed E-state index contributed by atoms with van der Waals surface area (Å²) in [6, 6.07) is 2.60. The topological polar surface area (TPSA) is 89.9 Å². The minimum atomic E-state index is -4.70. The van der Waals surface area contributed by atoms with Crippen LogP contribution in [0.3, 0.4) is 0 Å². The van der Waals surface area contributed by atoms with Gasteiger partial charge in [-0.25, -0.2) is 4.79 Å². The first-order chi connectivity index (χ1) is 14.0. The average Bonchev–Trinajstić information content (AvgIpc) is 3.36. The molecule has 2 saturated carbocycles. The van der Waals surface area contributed by atoms with Crippen molar-refractivity contribution in [3.63, 3.8) is 0 Å². The molecule has 0 amide bonds. The summed E-state index contributed by atoms with van der Waals surface area (Å²) in [5.74, 6) is 4.01. The molecule has 6 nitrogen and oxygen atoms in total. The Balaban J connectivity index is 1.86. The third kappa shape index (κ3) is 6.12. The number of rotatable bonds is 6. The average molecular weight is 446 g/mol. The molecule has 2 aliphatic carbocycles. The molecule has 10 heteroatoms. The van der Waals surface area contributed by atoms with Gasteiger partial charge < -0.3 is 9.47 Å². The van der Waals surface area contributed by atoms with Gasteiger partial charge in [-0.05, 0) is 56.7 Å². The van der Waals surface area contributed by atoms with E-state index in [1.807, 2.05) is 0 Å². The number of hydrogen-bond acceptors (Lipinski definition) is 5. The van der Waals surface area contributed by atoms with Gasteiger partial charge in [0.1, 0.15) is 18.1 Å². The molecule has 0 heterocycles. The first kappa shape index (κ1) is 22.4. The Hall–Kier alpha value is -2.25. The first-order valence-corrected chi connectivity index (χ1v) is 11.1. The van der Waals surface area contributed by atoms with Crippen LogP contribution < -0.4 is 4.74 Å². The molecule has 0 atom stereocenters. The second kappa shape index (κ2) is 8.47. The van der Waals surface area contributed by atoms with Crippen LogP contribution in [0, 0.1) is 17.8 Å². The van der Waals surface area contributed by atoms with E-state index in [2.05, 4.69) is 11.8 Å². The lowest BCUT2D eigenvalue weighted by Crippen LogP contribution is -2.32. The van der Waals surface area contributed by atoms with Gasteiger partial charge in [-0.15, -0.1) is 0 Å². The smallest absolute Gasteiger partial charge is 0.419 e. The molecule has 0 aromatic heterocycles. The number of hydrogen-bond donors (Lipinski definition) is 1. The van der Waals surface area contributed by atoms with Gasteiger partial charge in [-0.2, -0.15) is 21.6 Å². The second-order valence-electron chi connectivity index (χ2n) is 7.48. The predicted octanol–water partition coefficient (Wildman–Crippen LogP) is 3.86. The van der Waals surface area contributed by atoms with E-state index < -0.39 is 51.5 Å². The molecular formula is C20H21F3O6S. The summed E-state index contributed by atoms with van der Waals surface area (Å²) in [5.41, 5.74) is -2.29. The largest absolute Gasteiger partial charge is 0.474 e. The van der Waals surface area contributed by atoms with Crippen molar-refractivity contribution < 1.29 is 40.4 Å². The van der Waals surface area contributed by atoms with E-state index in [0.717, 1.165) is 43.9 Å². The van der Waals surface area contributed by atoms with Gasteiger partial charge in [0, 0.05) is 5.92 Å². The summed E-state index contributed by atoms with van der Waals surface area (Å²) in [5, 5.41) is 0. The van der Waals surface area contributed by atoms with Gasteiger partial charge >= 0.3 is 12.1 Å². The van der Waals surface area contributed by atoms with Crippen LogP contribution in [0.15, 0.2) is 18.2 Å². The zero-order chi connectivity index (χ0) is 22.0. The highest BCUT2D eigenvalue weighted by Gasteiger charge is 2.40. The summed E-state index contributed by atoms with van der Waals surface area (Å²) in [4.78, 5) is 12.1. The summed E-state index contributed by atoms with van der Waals surface area (Å²) in [7, 11) is -4.33. The van der Waals surface area contributed by atoms with Crippen molar-refractivity contribution >= 4 is 16.1 Å². The standard InChI is InChI=1S/C20H21F3O6S/c21-20(22,23)16-6-5-15(18(24)28-11-12-30(25,26)27)13-17(16)29-19(8-1-2-9-19)10-7-14-3-4-14/h5-6,13-14H,1-4,8-9,11-12H2,(H,25,26,27). The van der Waals surface area contributed by atoms with Crippen LogP contribution in [-0.2, 0) is 21.0 Å². The third-order valence-electron chi connectivity index (χ3n) is 4.90. The Bertz CT molecular complexity index is 964. The van der Waals surface area contributed by atoms with Gasteiger partial charge in [0.2, 0.25) is 0 Å². The van der Waals surface area contributed by atoms with Crippen LogP contribution in [0.4, 0.5) is 13.2 Å². The highest BCUT2D eigenvalue weighted by atomic mass is 32.2. The first-order valence-electron chi connectivity index (χ1n) is 9.53. The molecule has 0 saturated heterocycles. The minimum Gasteiger partial charge on any atom is -0.474 e. The lowest BCUT2D eigenvalue weighted by Gasteiger charge is -2.27. The Morgan fingerprint density at radius 1 is 1.23 bits per heavy atom. The molecule has 1 aromatic rings. The molecule has 1 N–H and O–H groups in total. The maximum atomic E-state index is 13.5. The molecule has 2 fully saturated rings. The number of carbonyl (C=O) groups is 1. The van der Waals surface area contributed by atoms with Crippen molar-refractivity contribution in [3.05, 3.63) is 29.3 Å². The molecule has 0 bridgehead atoms. The van der Waals surface area contributed by atoms with Crippen molar-refractivity contribution in [1.29, 1.82) is 0 Å². The summed E-state index contributed by atoms with van der Waals surface area (Å²) in [6.45, 7) is -0.633. The molecule has 0 unspecified atom stereocenters. The maximum Gasteiger partial charge on any atom is 0.419 e. The molecule has 0 radical (unpaired) electrons. The minimum absolute atomic E-state index is 0.225. The van der Waals surface area contributed by atoms with E-state index in [1.165, 1.54) is 0 Å². The second-order valence-corrected chi connectivity index (χ2v) is 9.05. The quantitative estimate of drug-likeness (QED) is 0.406.